The number of halogens is 5. The molecule has 0 aliphatic carbocycles. The Morgan fingerprint density at radius 3 is 2.60 bits per heavy atom. The van der Waals surface area contributed by atoms with Crippen molar-refractivity contribution in [2.24, 2.45) is 5.73 Å². The lowest BCUT2D eigenvalue weighted by molar-refractivity contribution is -0.137. The number of nitrogens with zero attached hydrogens (tertiary/aromatic N) is 5. The van der Waals surface area contributed by atoms with Gasteiger partial charge in [-0.05, 0) is 24.3 Å². The van der Waals surface area contributed by atoms with Crippen LogP contribution in [0.2, 0.25) is 5.02 Å². The Hall–Kier alpha value is -4.18. The molecule has 1 aliphatic rings. The monoisotopic (exact) mass is 507 g/mol. The van der Waals surface area contributed by atoms with Crippen LogP contribution in [0.5, 0.6) is 0 Å². The highest BCUT2D eigenvalue weighted by molar-refractivity contribution is 6.30. The average Bonchev–Trinajstić information content (AvgIpc) is 3.19. The van der Waals surface area contributed by atoms with E-state index in [1.54, 1.807) is 0 Å². The standard InChI is InChI=1S/C21H14ClF4N7O2/c22-14-5-11(8-29-18(14)23)17-16(19(28)34)15-9-32(3-4-33(15)31-17)20(35)30-12-2-1-10(7-27)13(6-12)21(24,25)26/h1-2,5-6,8H,3-4,9H2,(H2,28,34)(H,30,35). The van der Waals surface area contributed by atoms with Gasteiger partial charge >= 0.3 is 12.2 Å². The summed E-state index contributed by atoms with van der Waals surface area (Å²) < 4.78 is 54.6. The highest BCUT2D eigenvalue weighted by Gasteiger charge is 2.34. The topological polar surface area (TPSA) is 130 Å². The summed E-state index contributed by atoms with van der Waals surface area (Å²) in [6.45, 7) is 0.122. The number of hydrogen-bond donors (Lipinski definition) is 2. The number of carbonyl (C=O) groups is 2. The van der Waals surface area contributed by atoms with Crippen LogP contribution in [-0.4, -0.2) is 38.1 Å². The maximum Gasteiger partial charge on any atom is 0.417 e. The van der Waals surface area contributed by atoms with E-state index in [0.717, 1.165) is 12.3 Å². The molecule has 1 aliphatic heterocycles. The lowest BCUT2D eigenvalue weighted by Crippen LogP contribution is -2.41. The quantitative estimate of drug-likeness (QED) is 0.411. The van der Waals surface area contributed by atoms with E-state index in [1.807, 2.05) is 0 Å². The van der Waals surface area contributed by atoms with Crippen molar-refractivity contribution in [1.82, 2.24) is 19.7 Å². The second-order valence-electron chi connectivity index (χ2n) is 7.48. The van der Waals surface area contributed by atoms with Crippen LogP contribution in [-0.2, 0) is 19.3 Å². The average molecular weight is 508 g/mol. The maximum absolute atomic E-state index is 13.5. The number of nitrogens with two attached hydrogens (primary N) is 1. The number of hydrogen-bond acceptors (Lipinski definition) is 5. The number of alkyl halides is 3. The van der Waals surface area contributed by atoms with E-state index in [0.29, 0.717) is 6.07 Å². The molecule has 0 saturated carbocycles. The van der Waals surface area contributed by atoms with Gasteiger partial charge in [0.1, 0.15) is 5.69 Å². The van der Waals surface area contributed by atoms with Crippen molar-refractivity contribution in [3.63, 3.8) is 0 Å². The highest BCUT2D eigenvalue weighted by Crippen LogP contribution is 2.34. The number of carbonyl (C=O) groups excluding carboxylic acids is 2. The van der Waals surface area contributed by atoms with Gasteiger partial charge in [0.05, 0.1) is 46.6 Å². The van der Waals surface area contributed by atoms with Gasteiger partial charge in [0.15, 0.2) is 0 Å². The van der Waals surface area contributed by atoms with Gasteiger partial charge in [-0.15, -0.1) is 0 Å². The molecule has 0 spiro atoms. The molecule has 2 aromatic heterocycles. The van der Waals surface area contributed by atoms with Crippen molar-refractivity contribution in [3.8, 4) is 17.3 Å². The fourth-order valence-electron chi connectivity index (χ4n) is 3.66. The summed E-state index contributed by atoms with van der Waals surface area (Å²) in [6.07, 6.45) is -3.65. The van der Waals surface area contributed by atoms with E-state index in [1.165, 1.54) is 27.8 Å². The number of benzene rings is 1. The van der Waals surface area contributed by atoms with Crippen LogP contribution in [0.4, 0.5) is 28.0 Å². The molecular formula is C21H14ClF4N7O2. The van der Waals surface area contributed by atoms with Gasteiger partial charge in [-0.1, -0.05) is 11.6 Å². The summed E-state index contributed by atoms with van der Waals surface area (Å²) in [7, 11) is 0. The zero-order chi connectivity index (χ0) is 25.5. The van der Waals surface area contributed by atoms with Gasteiger partial charge in [0.2, 0.25) is 5.95 Å². The van der Waals surface area contributed by atoms with Gasteiger partial charge < -0.3 is 16.0 Å². The number of aromatic nitrogens is 3. The van der Waals surface area contributed by atoms with Gasteiger partial charge in [0, 0.05) is 24.0 Å². The first kappa shape index (κ1) is 24.0. The molecule has 3 heterocycles. The minimum atomic E-state index is -4.78. The summed E-state index contributed by atoms with van der Waals surface area (Å²) in [5, 5.41) is 15.3. The Balaban J connectivity index is 1.62. The number of anilines is 1. The van der Waals surface area contributed by atoms with Crippen molar-refractivity contribution in [3.05, 3.63) is 63.8 Å². The molecule has 0 saturated heterocycles. The number of nitriles is 1. The smallest absolute Gasteiger partial charge is 0.365 e. The molecule has 180 valence electrons. The summed E-state index contributed by atoms with van der Waals surface area (Å²) in [4.78, 5) is 29.8. The molecular weight excluding hydrogens is 494 g/mol. The molecule has 9 nitrogen and oxygen atoms in total. The zero-order valence-electron chi connectivity index (χ0n) is 17.5. The van der Waals surface area contributed by atoms with Crippen LogP contribution in [0.1, 0.15) is 27.2 Å². The van der Waals surface area contributed by atoms with Crippen molar-refractivity contribution < 1.29 is 27.2 Å². The van der Waals surface area contributed by atoms with Gasteiger partial charge in [0.25, 0.3) is 5.91 Å². The number of pyridine rings is 1. The second-order valence-corrected chi connectivity index (χ2v) is 7.88. The molecule has 3 aromatic rings. The first-order chi connectivity index (χ1) is 16.5. The van der Waals surface area contributed by atoms with E-state index in [9.17, 15) is 27.2 Å². The minimum Gasteiger partial charge on any atom is -0.365 e. The lowest BCUT2D eigenvalue weighted by Gasteiger charge is -2.28. The summed E-state index contributed by atoms with van der Waals surface area (Å²) in [6, 6.07) is 4.77. The Morgan fingerprint density at radius 1 is 1.23 bits per heavy atom. The third-order valence-electron chi connectivity index (χ3n) is 5.28. The Morgan fingerprint density at radius 2 is 1.97 bits per heavy atom. The third-order valence-corrected chi connectivity index (χ3v) is 5.55. The van der Waals surface area contributed by atoms with E-state index in [2.05, 4.69) is 15.4 Å². The van der Waals surface area contributed by atoms with Crippen LogP contribution < -0.4 is 11.1 Å². The molecule has 0 unspecified atom stereocenters. The second kappa shape index (κ2) is 8.88. The number of urea groups is 1. The Kier molecular flexibility index (Phi) is 6.08. The van der Waals surface area contributed by atoms with Crippen LogP contribution in [0, 0.1) is 17.3 Å². The number of fused-ring (bicyclic) bond motifs is 1. The van der Waals surface area contributed by atoms with Crippen molar-refractivity contribution in [2.45, 2.75) is 19.3 Å². The largest absolute Gasteiger partial charge is 0.417 e. The molecule has 0 atom stereocenters. The third kappa shape index (κ3) is 4.60. The van der Waals surface area contributed by atoms with E-state index in [-0.39, 0.29) is 52.9 Å². The highest BCUT2D eigenvalue weighted by atomic mass is 35.5. The van der Waals surface area contributed by atoms with E-state index in [4.69, 9.17) is 22.6 Å². The van der Waals surface area contributed by atoms with E-state index >= 15 is 0 Å². The lowest BCUT2D eigenvalue weighted by atomic mass is 10.1. The SMILES string of the molecule is N#Cc1ccc(NC(=O)N2CCn3nc(-c4cnc(F)c(Cl)c4)c(C(N)=O)c3C2)cc1C(F)(F)F. The van der Waals surface area contributed by atoms with Gasteiger partial charge in [-0.2, -0.15) is 27.9 Å². The number of primary amides is 1. The Labute approximate surface area is 199 Å². The molecule has 3 amide bonds. The summed E-state index contributed by atoms with van der Waals surface area (Å²) >= 11 is 5.78. The molecule has 14 heteroatoms. The fraction of sp³-hybridized carbons (Fsp3) is 0.190. The minimum absolute atomic E-state index is 0.0234. The van der Waals surface area contributed by atoms with Crippen molar-refractivity contribution >= 4 is 29.2 Å². The molecule has 0 radical (unpaired) electrons. The molecule has 35 heavy (non-hydrogen) atoms. The number of nitrogens with one attached hydrogen (secondary N) is 1. The predicted octanol–water partition coefficient (Wildman–Crippen LogP) is 3.77. The normalized spacial score (nSPS) is 13.2. The van der Waals surface area contributed by atoms with Gasteiger partial charge in [-0.25, -0.2) is 9.78 Å². The molecule has 0 bridgehead atoms. The van der Waals surface area contributed by atoms with E-state index < -0.39 is 35.2 Å². The molecule has 3 N–H and O–H groups in total. The van der Waals surface area contributed by atoms with Crippen LogP contribution >= 0.6 is 11.6 Å². The fourth-order valence-corrected chi connectivity index (χ4v) is 3.83. The molecule has 4 rings (SSSR count). The first-order valence-corrected chi connectivity index (χ1v) is 10.3. The van der Waals surface area contributed by atoms with Crippen molar-refractivity contribution in [1.29, 1.82) is 5.26 Å². The zero-order valence-corrected chi connectivity index (χ0v) is 18.3. The van der Waals surface area contributed by atoms with Crippen molar-refractivity contribution in [2.75, 3.05) is 11.9 Å². The van der Waals surface area contributed by atoms with Crippen LogP contribution in [0.3, 0.4) is 0 Å². The van der Waals surface area contributed by atoms with Crippen LogP contribution in [0.15, 0.2) is 30.5 Å². The summed E-state index contributed by atoms with van der Waals surface area (Å²) in [5.74, 6) is -1.76. The predicted molar refractivity (Wildman–Crippen MR) is 115 cm³/mol. The Bertz CT molecular complexity index is 1400. The number of amides is 3. The number of rotatable bonds is 3. The van der Waals surface area contributed by atoms with Crippen LogP contribution in [0.25, 0.3) is 11.3 Å². The molecule has 1 aromatic carbocycles. The van der Waals surface area contributed by atoms with Gasteiger partial charge in [-0.3, -0.25) is 9.48 Å². The molecule has 0 fully saturated rings. The first-order valence-electron chi connectivity index (χ1n) is 9.87. The summed E-state index contributed by atoms with van der Waals surface area (Å²) in [5.41, 5.74) is 4.22. The maximum atomic E-state index is 13.5.